The van der Waals surface area contributed by atoms with Crippen molar-refractivity contribution in [2.45, 2.75) is 0 Å². The average Bonchev–Trinajstić information content (AvgIpc) is 3.52. The third-order valence-corrected chi connectivity index (χ3v) is 9.80. The van der Waals surface area contributed by atoms with Crippen LogP contribution in [0.1, 0.15) is 0 Å². The predicted octanol–water partition coefficient (Wildman–Crippen LogP) is 13.2. The number of benzene rings is 9. The molecule has 9 aromatic carbocycles. The fraction of sp³-hybridized carbons (Fsp3) is 0. The van der Waals surface area contributed by atoms with Crippen LogP contribution < -0.4 is 0 Å². The number of rotatable bonds is 3. The Bertz CT molecular complexity index is 2710. The molecule has 0 N–H and O–H groups in total. The molecule has 10 aromatic rings. The SMILES string of the molecule is c1ccc2c(c1)ccc1cc(-c3cc(-c4ccc5c(ccc6ccccc65)c4)cc(-c4ccc5oc6ccccc6c5c4)c3)ccc12. The fourth-order valence-corrected chi connectivity index (χ4v) is 7.42. The van der Waals surface area contributed by atoms with Crippen molar-refractivity contribution in [2.75, 3.05) is 0 Å². The molecule has 1 aromatic heterocycles. The molecule has 10 rings (SSSR count). The molecule has 0 spiro atoms. The van der Waals surface area contributed by atoms with Gasteiger partial charge in [0, 0.05) is 10.8 Å². The molecule has 0 saturated heterocycles. The molecule has 1 heteroatoms. The van der Waals surface area contributed by atoms with E-state index in [1.165, 1.54) is 76.5 Å². The first-order chi connectivity index (χ1) is 23.2. The Morgan fingerprint density at radius 1 is 0.234 bits per heavy atom. The molecule has 0 amide bonds. The Hall–Kier alpha value is -6.18. The van der Waals surface area contributed by atoms with Crippen LogP contribution in [0, 0.1) is 0 Å². The van der Waals surface area contributed by atoms with Gasteiger partial charge in [-0.25, -0.2) is 0 Å². The summed E-state index contributed by atoms with van der Waals surface area (Å²) in [6.07, 6.45) is 0. The van der Waals surface area contributed by atoms with Crippen molar-refractivity contribution in [1.82, 2.24) is 0 Å². The number of fused-ring (bicyclic) bond motifs is 9. The summed E-state index contributed by atoms with van der Waals surface area (Å²) in [5.41, 5.74) is 8.99. The van der Waals surface area contributed by atoms with Crippen molar-refractivity contribution in [2.24, 2.45) is 0 Å². The van der Waals surface area contributed by atoms with Crippen molar-refractivity contribution < 1.29 is 4.42 Å². The zero-order valence-electron chi connectivity index (χ0n) is 25.6. The van der Waals surface area contributed by atoms with Gasteiger partial charge in [-0.05, 0) is 125 Å². The van der Waals surface area contributed by atoms with Gasteiger partial charge >= 0.3 is 0 Å². The standard InChI is InChI=1S/C46H28O/c1-3-9-39-29(7-1)13-15-34-23-31(17-20-41(34)39)36-25-37(32-18-21-42-35(24-32)16-14-30-8-2-4-10-40(30)42)27-38(26-36)33-19-22-46-44(28-33)43-11-5-6-12-45(43)47-46/h1-28H. The van der Waals surface area contributed by atoms with E-state index in [-0.39, 0.29) is 0 Å². The molecule has 218 valence electrons. The van der Waals surface area contributed by atoms with Crippen LogP contribution in [0.5, 0.6) is 0 Å². The minimum Gasteiger partial charge on any atom is -0.456 e. The summed E-state index contributed by atoms with van der Waals surface area (Å²) < 4.78 is 6.17. The first kappa shape index (κ1) is 26.1. The molecule has 1 heterocycles. The van der Waals surface area contributed by atoms with Crippen molar-refractivity contribution in [1.29, 1.82) is 0 Å². The van der Waals surface area contributed by atoms with Gasteiger partial charge in [0.25, 0.3) is 0 Å². The van der Waals surface area contributed by atoms with Crippen molar-refractivity contribution in [3.8, 4) is 33.4 Å². The molecular formula is C46H28O. The molecule has 0 aliphatic carbocycles. The highest BCUT2D eigenvalue weighted by Crippen LogP contribution is 2.39. The maximum Gasteiger partial charge on any atom is 0.135 e. The van der Waals surface area contributed by atoms with E-state index in [0.717, 1.165) is 21.9 Å². The lowest BCUT2D eigenvalue weighted by atomic mass is 9.90. The highest BCUT2D eigenvalue weighted by atomic mass is 16.3. The molecule has 0 aliphatic rings. The molecule has 0 atom stereocenters. The first-order valence-corrected chi connectivity index (χ1v) is 16.2. The van der Waals surface area contributed by atoms with Crippen molar-refractivity contribution in [3.63, 3.8) is 0 Å². The maximum absolute atomic E-state index is 6.17. The van der Waals surface area contributed by atoms with Crippen LogP contribution in [0.3, 0.4) is 0 Å². The Morgan fingerprint density at radius 2 is 0.660 bits per heavy atom. The van der Waals surface area contributed by atoms with Gasteiger partial charge in [-0.2, -0.15) is 0 Å². The quantitative estimate of drug-likeness (QED) is 0.185. The molecule has 0 aliphatic heterocycles. The van der Waals surface area contributed by atoms with Gasteiger partial charge in [-0.15, -0.1) is 0 Å². The minimum atomic E-state index is 0.912. The summed E-state index contributed by atoms with van der Waals surface area (Å²) in [6, 6.07) is 61.9. The van der Waals surface area contributed by atoms with Gasteiger partial charge in [0.2, 0.25) is 0 Å². The highest BCUT2D eigenvalue weighted by Gasteiger charge is 2.13. The van der Waals surface area contributed by atoms with Crippen LogP contribution in [0.25, 0.3) is 98.4 Å². The molecule has 0 bridgehead atoms. The molecule has 0 radical (unpaired) electrons. The topological polar surface area (TPSA) is 13.1 Å². The Kier molecular flexibility index (Phi) is 5.64. The largest absolute Gasteiger partial charge is 0.456 e. The first-order valence-electron chi connectivity index (χ1n) is 16.2. The van der Waals surface area contributed by atoms with E-state index in [2.05, 4.69) is 158 Å². The third kappa shape index (κ3) is 4.25. The Balaban J connectivity index is 1.18. The van der Waals surface area contributed by atoms with Gasteiger partial charge in [-0.3, -0.25) is 0 Å². The van der Waals surface area contributed by atoms with E-state index in [9.17, 15) is 0 Å². The smallest absolute Gasteiger partial charge is 0.135 e. The lowest BCUT2D eigenvalue weighted by Gasteiger charge is -2.13. The van der Waals surface area contributed by atoms with E-state index in [0.29, 0.717) is 0 Å². The van der Waals surface area contributed by atoms with Crippen LogP contribution in [0.2, 0.25) is 0 Å². The van der Waals surface area contributed by atoms with Crippen molar-refractivity contribution >= 4 is 65.0 Å². The summed E-state index contributed by atoms with van der Waals surface area (Å²) in [7, 11) is 0. The molecule has 47 heavy (non-hydrogen) atoms. The minimum absolute atomic E-state index is 0.912. The van der Waals surface area contributed by atoms with E-state index in [4.69, 9.17) is 4.42 Å². The van der Waals surface area contributed by atoms with Crippen LogP contribution in [0.15, 0.2) is 174 Å². The lowest BCUT2D eigenvalue weighted by Crippen LogP contribution is -1.88. The summed E-state index contributed by atoms with van der Waals surface area (Å²) >= 11 is 0. The zero-order chi connectivity index (χ0) is 30.9. The van der Waals surface area contributed by atoms with Crippen LogP contribution in [-0.4, -0.2) is 0 Å². The monoisotopic (exact) mass is 596 g/mol. The van der Waals surface area contributed by atoms with E-state index in [1.54, 1.807) is 0 Å². The van der Waals surface area contributed by atoms with Gasteiger partial charge in [0.15, 0.2) is 0 Å². The number of hydrogen-bond donors (Lipinski definition) is 0. The van der Waals surface area contributed by atoms with Gasteiger partial charge < -0.3 is 4.42 Å². The van der Waals surface area contributed by atoms with Crippen LogP contribution in [0.4, 0.5) is 0 Å². The molecule has 0 unspecified atom stereocenters. The van der Waals surface area contributed by atoms with E-state index in [1.807, 2.05) is 12.1 Å². The average molecular weight is 597 g/mol. The molecule has 0 fully saturated rings. The fourth-order valence-electron chi connectivity index (χ4n) is 7.42. The summed E-state index contributed by atoms with van der Waals surface area (Å²) in [5, 5.41) is 12.4. The molecule has 1 nitrogen and oxygen atoms in total. The third-order valence-electron chi connectivity index (χ3n) is 9.80. The molecule has 0 saturated carbocycles. The van der Waals surface area contributed by atoms with Crippen molar-refractivity contribution in [3.05, 3.63) is 170 Å². The second-order valence-electron chi connectivity index (χ2n) is 12.6. The zero-order valence-corrected chi connectivity index (χ0v) is 25.6. The second kappa shape index (κ2) is 10.2. The van der Waals surface area contributed by atoms with E-state index >= 15 is 0 Å². The number of para-hydroxylation sites is 1. The van der Waals surface area contributed by atoms with Crippen LogP contribution >= 0.6 is 0 Å². The van der Waals surface area contributed by atoms with Gasteiger partial charge in [0.05, 0.1) is 0 Å². The second-order valence-corrected chi connectivity index (χ2v) is 12.6. The number of furan rings is 1. The van der Waals surface area contributed by atoms with Gasteiger partial charge in [-0.1, -0.05) is 121 Å². The molecular weight excluding hydrogens is 569 g/mol. The predicted molar refractivity (Wildman–Crippen MR) is 200 cm³/mol. The Labute approximate surface area is 271 Å². The summed E-state index contributed by atoms with van der Waals surface area (Å²) in [4.78, 5) is 0. The Morgan fingerprint density at radius 3 is 1.26 bits per heavy atom. The summed E-state index contributed by atoms with van der Waals surface area (Å²) in [5.74, 6) is 0. The number of hydrogen-bond acceptors (Lipinski definition) is 1. The highest BCUT2D eigenvalue weighted by molar-refractivity contribution is 6.10. The normalized spacial score (nSPS) is 11.8. The van der Waals surface area contributed by atoms with Gasteiger partial charge in [0.1, 0.15) is 11.2 Å². The lowest BCUT2D eigenvalue weighted by molar-refractivity contribution is 0.669. The maximum atomic E-state index is 6.17. The van der Waals surface area contributed by atoms with Crippen LogP contribution in [-0.2, 0) is 0 Å². The summed E-state index contributed by atoms with van der Waals surface area (Å²) in [6.45, 7) is 0. The van der Waals surface area contributed by atoms with E-state index < -0.39 is 0 Å².